The normalized spacial score (nSPS) is 11.6. The molecular weight excluding hydrogens is 304 g/mol. The molecule has 0 fully saturated rings. The number of carbonyl (C=O) groups excluding carboxylic acids is 3. The summed E-state index contributed by atoms with van der Waals surface area (Å²) in [5, 5.41) is 7.83. The Labute approximate surface area is 137 Å². The van der Waals surface area contributed by atoms with Gasteiger partial charge in [-0.25, -0.2) is 0 Å². The second kappa shape index (κ2) is 13.4. The maximum Gasteiger partial charge on any atom is 0.243 e. The number of nitrogens with one attached hydrogen (secondary N) is 3. The third-order valence-corrected chi connectivity index (χ3v) is 3.24. The first-order valence-corrected chi connectivity index (χ1v) is 8.33. The molecule has 0 aliphatic rings. The Kier molecular flexibility index (Phi) is 12.6. The number of hydrogen-bond acceptors (Lipinski definition) is 5. The van der Waals surface area contributed by atoms with Gasteiger partial charge in [0.15, 0.2) is 0 Å². The number of hydrogen-bond donors (Lipinski definition) is 5. The lowest BCUT2D eigenvalue weighted by Crippen LogP contribution is -2.49. The van der Waals surface area contributed by atoms with Crippen LogP contribution in [0.4, 0.5) is 0 Å². The van der Waals surface area contributed by atoms with Crippen molar-refractivity contribution in [1.29, 1.82) is 0 Å². The molecule has 0 bridgehead atoms. The first-order valence-electron chi connectivity index (χ1n) is 7.69. The lowest BCUT2D eigenvalue weighted by molar-refractivity contribution is -0.131. The van der Waals surface area contributed by atoms with Gasteiger partial charge >= 0.3 is 0 Å². The number of nitrogens with two attached hydrogens (primary N) is 1. The quantitative estimate of drug-likeness (QED) is 0.246. The van der Waals surface area contributed by atoms with Crippen molar-refractivity contribution in [2.75, 3.05) is 25.4 Å². The van der Waals surface area contributed by atoms with Crippen LogP contribution < -0.4 is 21.7 Å². The van der Waals surface area contributed by atoms with Crippen LogP contribution in [0.2, 0.25) is 0 Å². The van der Waals surface area contributed by atoms with Crippen LogP contribution in [0, 0.1) is 0 Å². The molecule has 0 aromatic heterocycles. The van der Waals surface area contributed by atoms with Gasteiger partial charge in [0.25, 0.3) is 0 Å². The zero-order valence-electron chi connectivity index (χ0n) is 13.2. The molecule has 0 radical (unpaired) electrons. The SMILES string of the molecule is CCNC(=O)C[C@H](NC(=O)CCCCCS)C(=O)NCCN. The Hall–Kier alpha value is -1.28. The van der Waals surface area contributed by atoms with Crippen molar-refractivity contribution < 1.29 is 14.4 Å². The van der Waals surface area contributed by atoms with Gasteiger partial charge in [0.05, 0.1) is 6.42 Å². The summed E-state index contributed by atoms with van der Waals surface area (Å²) in [5.74, 6) is -0.0920. The van der Waals surface area contributed by atoms with E-state index in [0.29, 0.717) is 26.1 Å². The molecule has 0 rings (SSSR count). The van der Waals surface area contributed by atoms with Gasteiger partial charge in [-0.15, -0.1) is 0 Å². The highest BCUT2D eigenvalue weighted by atomic mass is 32.1. The topological polar surface area (TPSA) is 113 Å². The first kappa shape index (κ1) is 20.7. The van der Waals surface area contributed by atoms with Crippen LogP contribution in [0.25, 0.3) is 0 Å². The highest BCUT2D eigenvalue weighted by Crippen LogP contribution is 2.02. The molecule has 128 valence electrons. The van der Waals surface area contributed by atoms with Crippen LogP contribution in [0.5, 0.6) is 0 Å². The number of thiol groups is 1. The van der Waals surface area contributed by atoms with Gasteiger partial charge in [0.2, 0.25) is 17.7 Å². The van der Waals surface area contributed by atoms with Crippen LogP contribution in [-0.2, 0) is 14.4 Å². The molecule has 1 atom stereocenters. The lowest BCUT2D eigenvalue weighted by atomic mass is 10.1. The van der Waals surface area contributed by atoms with Gasteiger partial charge in [-0.2, -0.15) is 12.6 Å². The Morgan fingerprint density at radius 3 is 2.41 bits per heavy atom. The third kappa shape index (κ3) is 10.4. The summed E-state index contributed by atoms with van der Waals surface area (Å²) in [6.07, 6.45) is 2.87. The van der Waals surface area contributed by atoms with Crippen LogP contribution in [-0.4, -0.2) is 49.2 Å². The molecule has 0 aromatic carbocycles. The minimum Gasteiger partial charge on any atom is -0.356 e. The molecule has 3 amide bonds. The largest absolute Gasteiger partial charge is 0.356 e. The molecule has 0 unspecified atom stereocenters. The highest BCUT2D eigenvalue weighted by molar-refractivity contribution is 7.80. The Morgan fingerprint density at radius 2 is 1.82 bits per heavy atom. The summed E-state index contributed by atoms with van der Waals surface area (Å²) in [6, 6.07) is -0.865. The standard InChI is InChI=1S/C14H28N4O3S/c1-2-16-13(20)10-11(14(21)17-8-7-15)18-12(19)6-4-3-5-9-22/h11,22H,2-10,15H2,1H3,(H,16,20)(H,17,21)(H,18,19)/t11-/m0/s1. The first-order chi connectivity index (χ1) is 10.5. The Balaban J connectivity index is 4.40. The minimum atomic E-state index is -0.865. The van der Waals surface area contributed by atoms with Crippen molar-refractivity contribution >= 4 is 30.4 Å². The van der Waals surface area contributed by atoms with E-state index < -0.39 is 6.04 Å². The van der Waals surface area contributed by atoms with E-state index in [1.807, 2.05) is 0 Å². The van der Waals surface area contributed by atoms with Crippen molar-refractivity contribution in [2.24, 2.45) is 5.73 Å². The number of carbonyl (C=O) groups is 3. The third-order valence-electron chi connectivity index (χ3n) is 2.92. The smallest absolute Gasteiger partial charge is 0.243 e. The van der Waals surface area contributed by atoms with Gasteiger partial charge in [-0.1, -0.05) is 6.42 Å². The van der Waals surface area contributed by atoms with E-state index in [9.17, 15) is 14.4 Å². The second-order valence-corrected chi connectivity index (χ2v) is 5.34. The molecular formula is C14H28N4O3S. The van der Waals surface area contributed by atoms with Crippen molar-refractivity contribution in [3.8, 4) is 0 Å². The summed E-state index contributed by atoms with van der Waals surface area (Å²) in [4.78, 5) is 35.5. The van der Waals surface area contributed by atoms with Gasteiger partial charge < -0.3 is 21.7 Å². The average Bonchev–Trinajstić information content (AvgIpc) is 2.48. The molecule has 8 heteroatoms. The maximum absolute atomic E-state index is 12.0. The fourth-order valence-corrected chi connectivity index (χ4v) is 2.05. The molecule has 0 saturated heterocycles. The number of rotatable bonds is 12. The van der Waals surface area contributed by atoms with Crippen molar-refractivity contribution in [2.45, 2.75) is 45.1 Å². The average molecular weight is 332 g/mol. The van der Waals surface area contributed by atoms with Crippen molar-refractivity contribution in [1.82, 2.24) is 16.0 Å². The zero-order valence-corrected chi connectivity index (χ0v) is 14.1. The summed E-state index contributed by atoms with van der Waals surface area (Å²) in [6.45, 7) is 2.88. The number of unbranched alkanes of at least 4 members (excludes halogenated alkanes) is 2. The summed E-state index contributed by atoms with van der Waals surface area (Å²) < 4.78 is 0. The molecule has 0 aliphatic carbocycles. The minimum absolute atomic E-state index is 0.0768. The molecule has 0 saturated carbocycles. The van der Waals surface area contributed by atoms with Gasteiger partial charge in [-0.05, 0) is 25.5 Å². The molecule has 22 heavy (non-hydrogen) atoms. The van der Waals surface area contributed by atoms with Gasteiger partial charge in [0.1, 0.15) is 6.04 Å². The van der Waals surface area contributed by atoms with E-state index in [4.69, 9.17) is 5.73 Å². The van der Waals surface area contributed by atoms with Crippen LogP contribution in [0.15, 0.2) is 0 Å². The molecule has 0 aromatic rings. The molecule has 0 heterocycles. The van der Waals surface area contributed by atoms with Gasteiger partial charge in [0, 0.05) is 26.1 Å². The fourth-order valence-electron chi connectivity index (χ4n) is 1.82. The van der Waals surface area contributed by atoms with E-state index in [0.717, 1.165) is 25.0 Å². The molecule has 0 spiro atoms. The fraction of sp³-hybridized carbons (Fsp3) is 0.786. The highest BCUT2D eigenvalue weighted by Gasteiger charge is 2.23. The Bertz CT molecular complexity index is 353. The lowest BCUT2D eigenvalue weighted by Gasteiger charge is -2.18. The monoisotopic (exact) mass is 332 g/mol. The predicted octanol–water partition coefficient (Wildman–Crippen LogP) is -0.437. The molecule has 5 N–H and O–H groups in total. The summed E-state index contributed by atoms with van der Waals surface area (Å²) >= 11 is 4.11. The van der Waals surface area contributed by atoms with Gasteiger partial charge in [-0.3, -0.25) is 14.4 Å². The molecule has 7 nitrogen and oxygen atoms in total. The van der Waals surface area contributed by atoms with E-state index in [2.05, 4.69) is 28.6 Å². The van der Waals surface area contributed by atoms with E-state index in [-0.39, 0.29) is 24.1 Å². The number of amides is 3. The Morgan fingerprint density at radius 1 is 1.09 bits per heavy atom. The van der Waals surface area contributed by atoms with Crippen molar-refractivity contribution in [3.05, 3.63) is 0 Å². The van der Waals surface area contributed by atoms with Crippen molar-refractivity contribution in [3.63, 3.8) is 0 Å². The summed E-state index contributed by atoms with van der Waals surface area (Å²) in [5.41, 5.74) is 5.33. The second-order valence-electron chi connectivity index (χ2n) is 4.89. The van der Waals surface area contributed by atoms with Crippen LogP contribution >= 0.6 is 12.6 Å². The predicted molar refractivity (Wildman–Crippen MR) is 89.6 cm³/mol. The van der Waals surface area contributed by atoms with E-state index in [1.54, 1.807) is 6.92 Å². The zero-order chi connectivity index (χ0) is 16.8. The summed E-state index contributed by atoms with van der Waals surface area (Å²) in [7, 11) is 0. The molecule has 0 aliphatic heterocycles. The van der Waals surface area contributed by atoms with Crippen LogP contribution in [0.3, 0.4) is 0 Å². The van der Waals surface area contributed by atoms with E-state index >= 15 is 0 Å². The van der Waals surface area contributed by atoms with E-state index in [1.165, 1.54) is 0 Å². The maximum atomic E-state index is 12.0. The van der Waals surface area contributed by atoms with Crippen LogP contribution in [0.1, 0.15) is 39.0 Å².